The van der Waals surface area contributed by atoms with E-state index in [1.165, 1.54) is 11.1 Å². The smallest absolute Gasteiger partial charge is 0.255 e. The topological polar surface area (TPSA) is 108 Å². The molecule has 0 radical (unpaired) electrons. The van der Waals surface area contributed by atoms with Crippen molar-refractivity contribution >= 4 is 17.7 Å². The van der Waals surface area contributed by atoms with Crippen molar-refractivity contribution in [3.05, 3.63) is 70.9 Å². The number of H-pyrrole nitrogens is 1. The van der Waals surface area contributed by atoms with E-state index in [0.717, 1.165) is 55.0 Å². The summed E-state index contributed by atoms with van der Waals surface area (Å²) in [4.78, 5) is 41.3. The fourth-order valence-corrected chi connectivity index (χ4v) is 6.54. The molecule has 38 heavy (non-hydrogen) atoms. The number of hydrogen-bond acceptors (Lipinski definition) is 6. The van der Waals surface area contributed by atoms with Crippen LogP contribution in [0.1, 0.15) is 52.7 Å². The summed E-state index contributed by atoms with van der Waals surface area (Å²) in [7, 11) is 0. The number of rotatable bonds is 4. The number of aromatic amines is 1. The number of amides is 3. The van der Waals surface area contributed by atoms with Crippen LogP contribution in [0.15, 0.2) is 48.7 Å². The zero-order chi connectivity index (χ0) is 25.9. The maximum atomic E-state index is 13.2. The first-order chi connectivity index (χ1) is 18.5. The molecule has 1 atom stereocenters. The number of aromatic nitrogens is 2. The Bertz CT molecular complexity index is 1440. The lowest BCUT2D eigenvalue weighted by atomic mass is 9.74. The van der Waals surface area contributed by atoms with E-state index in [2.05, 4.69) is 50.7 Å². The van der Waals surface area contributed by atoms with E-state index in [1.807, 2.05) is 18.3 Å². The second-order valence-electron chi connectivity index (χ2n) is 10.9. The Hall–Kier alpha value is -3.98. The molecule has 7 rings (SSSR count). The lowest BCUT2D eigenvalue weighted by Crippen LogP contribution is -2.52. The first-order valence-corrected chi connectivity index (χ1v) is 13.3. The average molecular weight is 512 g/mol. The molecule has 4 aliphatic heterocycles. The molecule has 0 aliphatic carbocycles. The normalized spacial score (nSPS) is 22.4. The molecule has 2 N–H and O–H groups in total. The first-order valence-electron chi connectivity index (χ1n) is 13.3. The molecule has 4 aliphatic rings. The Balaban J connectivity index is 1.06. The summed E-state index contributed by atoms with van der Waals surface area (Å²) in [5.41, 5.74) is 5.97. The number of likely N-dealkylation sites (tertiary alicyclic amines) is 1. The van der Waals surface area contributed by atoms with Gasteiger partial charge in [-0.3, -0.25) is 29.7 Å². The Morgan fingerprint density at radius 3 is 2.74 bits per heavy atom. The number of imide groups is 1. The van der Waals surface area contributed by atoms with Crippen LogP contribution in [0, 0.1) is 0 Å². The van der Waals surface area contributed by atoms with Gasteiger partial charge >= 0.3 is 0 Å². The third-order valence-corrected chi connectivity index (χ3v) is 8.67. The molecule has 1 aromatic heterocycles. The number of carbonyl (C=O) groups excluding carboxylic acids is 3. The summed E-state index contributed by atoms with van der Waals surface area (Å²) in [5, 5.41) is 9.55. The minimum absolute atomic E-state index is 0.0527. The molecular weight excluding hydrogens is 482 g/mol. The number of nitrogens with zero attached hydrogens (tertiary/aromatic N) is 3. The summed E-state index contributed by atoms with van der Waals surface area (Å²) < 4.78 is 6.31. The van der Waals surface area contributed by atoms with Gasteiger partial charge in [0.15, 0.2) is 0 Å². The summed E-state index contributed by atoms with van der Waals surface area (Å²) in [5.74, 6) is -0.00320. The third kappa shape index (κ3) is 3.72. The molecule has 2 saturated heterocycles. The van der Waals surface area contributed by atoms with Gasteiger partial charge in [0, 0.05) is 46.8 Å². The second kappa shape index (κ2) is 8.80. The van der Waals surface area contributed by atoms with Gasteiger partial charge in [-0.25, -0.2) is 0 Å². The highest BCUT2D eigenvalue weighted by molar-refractivity contribution is 6.05. The van der Waals surface area contributed by atoms with Crippen LogP contribution >= 0.6 is 0 Å². The van der Waals surface area contributed by atoms with Gasteiger partial charge < -0.3 is 9.64 Å². The largest absolute Gasteiger partial charge is 0.492 e. The summed E-state index contributed by atoms with van der Waals surface area (Å²) in [6, 6.07) is 13.9. The van der Waals surface area contributed by atoms with Crippen LogP contribution in [0.25, 0.3) is 11.3 Å². The number of ether oxygens (including phenoxy) is 1. The molecule has 2 aromatic carbocycles. The molecule has 1 spiro atoms. The molecule has 2 fully saturated rings. The van der Waals surface area contributed by atoms with Crippen LogP contribution in [0.2, 0.25) is 0 Å². The van der Waals surface area contributed by atoms with Gasteiger partial charge in [-0.15, -0.1) is 0 Å². The van der Waals surface area contributed by atoms with E-state index in [9.17, 15) is 14.4 Å². The van der Waals surface area contributed by atoms with E-state index in [0.29, 0.717) is 25.1 Å². The van der Waals surface area contributed by atoms with Gasteiger partial charge in [-0.2, -0.15) is 5.10 Å². The van der Waals surface area contributed by atoms with Crippen LogP contribution in [0.5, 0.6) is 5.75 Å². The third-order valence-electron chi connectivity index (χ3n) is 8.67. The Kier molecular flexibility index (Phi) is 5.36. The number of benzene rings is 2. The van der Waals surface area contributed by atoms with Gasteiger partial charge in [0.1, 0.15) is 11.8 Å². The van der Waals surface area contributed by atoms with Gasteiger partial charge in [0.05, 0.1) is 18.8 Å². The van der Waals surface area contributed by atoms with Crippen molar-refractivity contribution in [1.29, 1.82) is 0 Å². The van der Waals surface area contributed by atoms with Crippen molar-refractivity contribution in [2.24, 2.45) is 0 Å². The van der Waals surface area contributed by atoms with Gasteiger partial charge in [-0.05, 0) is 56.1 Å². The maximum absolute atomic E-state index is 13.2. The van der Waals surface area contributed by atoms with E-state index in [-0.39, 0.29) is 23.7 Å². The van der Waals surface area contributed by atoms with E-state index in [4.69, 9.17) is 4.74 Å². The first kappa shape index (κ1) is 23.2. The average Bonchev–Trinajstić information content (AvgIpc) is 3.65. The van der Waals surface area contributed by atoms with Crippen molar-refractivity contribution in [3.63, 3.8) is 0 Å². The molecule has 0 saturated carbocycles. The minimum atomic E-state index is -0.617. The fraction of sp³-hybridized carbons (Fsp3) is 0.379. The van der Waals surface area contributed by atoms with Crippen molar-refractivity contribution in [2.45, 2.75) is 50.2 Å². The van der Waals surface area contributed by atoms with Crippen LogP contribution in [0.3, 0.4) is 0 Å². The van der Waals surface area contributed by atoms with Crippen molar-refractivity contribution in [3.8, 4) is 17.0 Å². The van der Waals surface area contributed by atoms with Crippen molar-refractivity contribution in [1.82, 2.24) is 25.3 Å². The number of piperidine rings is 2. The molecule has 194 valence electrons. The van der Waals surface area contributed by atoms with Gasteiger partial charge in [0.25, 0.3) is 5.91 Å². The molecule has 9 nitrogen and oxygen atoms in total. The highest BCUT2D eigenvalue weighted by Gasteiger charge is 2.47. The number of carbonyl (C=O) groups is 3. The van der Waals surface area contributed by atoms with Gasteiger partial charge in [0.2, 0.25) is 11.8 Å². The standard InChI is InChI=1S/C29H29N5O4/c35-25-7-6-24(27(36)31-25)34-16-21-20(28(34)37)4-5-22-26(21)38-17-29(22)9-12-33(13-10-29)15-18-2-1-3-19(14-18)23-8-11-30-32-23/h1-5,8,11,14,24H,6-7,9-10,12-13,15-17H2,(H,30,32)(H,31,35,36). The van der Waals surface area contributed by atoms with Crippen LogP contribution in [-0.2, 0) is 28.1 Å². The Morgan fingerprint density at radius 2 is 1.95 bits per heavy atom. The molecule has 1 unspecified atom stereocenters. The highest BCUT2D eigenvalue weighted by atomic mass is 16.5. The SMILES string of the molecule is O=C1CCC(N2Cc3c(ccc4c3OCC43CCN(Cc4cccc(-c5cc[nH]n5)c4)CC3)C2=O)C(=O)N1. The Labute approximate surface area is 220 Å². The van der Waals surface area contributed by atoms with Crippen LogP contribution in [-0.4, -0.2) is 63.5 Å². The predicted octanol–water partition coefficient (Wildman–Crippen LogP) is 2.76. The monoisotopic (exact) mass is 511 g/mol. The van der Waals surface area contributed by atoms with E-state index in [1.54, 1.807) is 4.90 Å². The zero-order valence-electron chi connectivity index (χ0n) is 21.0. The van der Waals surface area contributed by atoms with Crippen LogP contribution in [0.4, 0.5) is 0 Å². The number of fused-ring (bicyclic) bond motifs is 4. The summed E-state index contributed by atoms with van der Waals surface area (Å²) in [6.07, 6.45) is 4.42. The van der Waals surface area contributed by atoms with E-state index >= 15 is 0 Å². The predicted molar refractivity (Wildman–Crippen MR) is 138 cm³/mol. The molecule has 3 aromatic rings. The molecule has 9 heteroatoms. The lowest BCUT2D eigenvalue weighted by molar-refractivity contribution is -0.136. The number of nitrogens with one attached hydrogen (secondary N) is 2. The summed E-state index contributed by atoms with van der Waals surface area (Å²) in [6.45, 7) is 3.79. The van der Waals surface area contributed by atoms with Crippen LogP contribution < -0.4 is 10.1 Å². The van der Waals surface area contributed by atoms with E-state index < -0.39 is 11.9 Å². The fourth-order valence-electron chi connectivity index (χ4n) is 6.54. The molecule has 5 heterocycles. The molecule has 3 amide bonds. The summed E-state index contributed by atoms with van der Waals surface area (Å²) >= 11 is 0. The Morgan fingerprint density at radius 1 is 1.08 bits per heavy atom. The highest BCUT2D eigenvalue weighted by Crippen LogP contribution is 2.49. The minimum Gasteiger partial charge on any atom is -0.492 e. The second-order valence-corrected chi connectivity index (χ2v) is 10.9. The maximum Gasteiger partial charge on any atom is 0.255 e. The molecule has 0 bridgehead atoms. The zero-order valence-corrected chi connectivity index (χ0v) is 21.0. The molecular formula is C29H29N5O4. The van der Waals surface area contributed by atoms with Crippen molar-refractivity contribution < 1.29 is 19.1 Å². The van der Waals surface area contributed by atoms with Crippen molar-refractivity contribution in [2.75, 3.05) is 19.7 Å². The lowest BCUT2D eigenvalue weighted by Gasteiger charge is -2.38. The quantitative estimate of drug-likeness (QED) is 0.522. The van der Waals surface area contributed by atoms with Gasteiger partial charge in [-0.1, -0.05) is 24.3 Å². The number of hydrogen-bond donors (Lipinski definition) is 2.